The zero-order chi connectivity index (χ0) is 41.7. The molecule has 0 aliphatic rings. The lowest BCUT2D eigenvalue weighted by Gasteiger charge is -2.17. The highest BCUT2D eigenvalue weighted by atomic mass is 32.2. The second kappa shape index (κ2) is 46.8. The van der Waals surface area contributed by atoms with Crippen molar-refractivity contribution in [1.29, 1.82) is 0 Å². The maximum absolute atomic E-state index is 2.63. The van der Waals surface area contributed by atoms with Gasteiger partial charge in [-0.3, -0.25) is 0 Å². The molecule has 0 saturated carbocycles. The number of unbranched alkanes of at least 4 members (excludes halogenated alkanes) is 37. The van der Waals surface area contributed by atoms with Crippen LogP contribution in [0, 0.1) is 0 Å². The van der Waals surface area contributed by atoms with Gasteiger partial charge in [0, 0.05) is 14.7 Å². The van der Waals surface area contributed by atoms with E-state index < -0.39 is 0 Å². The first-order valence-corrected chi connectivity index (χ1v) is 29.8. The fourth-order valence-corrected chi connectivity index (χ4v) is 12.2. The Bertz CT molecular complexity index is 890. The normalized spacial score (nSPS) is 11.7. The van der Waals surface area contributed by atoms with Crippen molar-refractivity contribution in [3.05, 3.63) is 17.7 Å². The molecule has 0 radical (unpaired) electrons. The summed E-state index contributed by atoms with van der Waals surface area (Å²) < 4.78 is 0. The molecular weight excluding hydrogens is 757 g/mol. The van der Waals surface area contributed by atoms with Gasteiger partial charge in [0.2, 0.25) is 0 Å². The highest BCUT2D eigenvalue weighted by Crippen LogP contribution is 2.41. The molecule has 0 aromatic heterocycles. The molecule has 3 heteroatoms. The zero-order valence-corrected chi connectivity index (χ0v) is 42.6. The average Bonchev–Trinajstić information content (AvgIpc) is 3.23. The topological polar surface area (TPSA) is 0 Å². The summed E-state index contributed by atoms with van der Waals surface area (Å²) in [5, 5.41) is 0. The largest absolute Gasteiger partial charge is 0.125 e. The Hall–Kier alpha value is 0.270. The fourth-order valence-electron chi connectivity index (χ4n) is 8.41. The van der Waals surface area contributed by atoms with E-state index in [0.717, 1.165) is 0 Å². The van der Waals surface area contributed by atoms with E-state index in [1.807, 2.05) is 0 Å². The second-order valence-corrected chi connectivity index (χ2v) is 21.7. The molecule has 1 rings (SSSR count). The van der Waals surface area contributed by atoms with Gasteiger partial charge in [-0.1, -0.05) is 265 Å². The van der Waals surface area contributed by atoms with E-state index >= 15 is 0 Å². The van der Waals surface area contributed by atoms with Crippen molar-refractivity contribution < 1.29 is 0 Å². The van der Waals surface area contributed by atoms with Gasteiger partial charge in [0.05, 0.1) is 0 Å². The third-order valence-electron chi connectivity index (χ3n) is 12.4. The molecule has 0 aliphatic carbocycles. The number of rotatable bonds is 48. The van der Waals surface area contributed by atoms with Crippen LogP contribution in [0.25, 0.3) is 0 Å². The van der Waals surface area contributed by atoms with Crippen LogP contribution in [0.2, 0.25) is 0 Å². The van der Waals surface area contributed by atoms with E-state index in [0.29, 0.717) is 0 Å². The Kier molecular flexibility index (Phi) is 45.4. The Morgan fingerprint density at radius 1 is 0.259 bits per heavy atom. The molecule has 0 atom stereocenters. The summed E-state index contributed by atoms with van der Waals surface area (Å²) in [7, 11) is 0. The summed E-state index contributed by atoms with van der Waals surface area (Å²) >= 11 is 6.63. The first-order chi connectivity index (χ1) is 28.8. The van der Waals surface area contributed by atoms with Gasteiger partial charge in [-0.25, -0.2) is 0 Å². The Morgan fingerprint density at radius 2 is 0.483 bits per heavy atom. The van der Waals surface area contributed by atoms with Gasteiger partial charge in [-0.05, 0) is 67.1 Å². The van der Waals surface area contributed by atoms with Gasteiger partial charge in [0.25, 0.3) is 0 Å². The third-order valence-corrected chi connectivity index (χ3v) is 16.1. The Labute approximate surface area is 380 Å². The quantitative estimate of drug-likeness (QED) is 0.0473. The monoisotopic (exact) mass is 861 g/mol. The van der Waals surface area contributed by atoms with Crippen molar-refractivity contribution in [2.24, 2.45) is 0 Å². The van der Waals surface area contributed by atoms with Crippen LogP contribution in [0.15, 0.2) is 26.8 Å². The van der Waals surface area contributed by atoms with Crippen LogP contribution < -0.4 is 0 Å². The minimum atomic E-state index is 1.25. The second-order valence-electron chi connectivity index (χ2n) is 18.3. The number of benzene rings is 1. The smallest absolute Gasteiger partial charge is 0.0344 e. The maximum Gasteiger partial charge on any atom is 0.0344 e. The molecule has 0 aliphatic heterocycles. The Morgan fingerprint density at radius 3 is 0.741 bits per heavy atom. The molecule has 1 aromatic carbocycles. The molecule has 0 amide bonds. The molecule has 342 valence electrons. The average molecular weight is 862 g/mol. The van der Waals surface area contributed by atoms with E-state index in [9.17, 15) is 0 Å². The van der Waals surface area contributed by atoms with Crippen LogP contribution in [-0.4, -0.2) is 17.3 Å². The predicted octanol–water partition coefficient (Wildman–Crippen LogP) is 21.6. The molecule has 0 heterocycles. The first-order valence-electron chi connectivity index (χ1n) is 26.8. The molecule has 0 nitrogen and oxygen atoms in total. The van der Waals surface area contributed by atoms with Crippen LogP contribution >= 0.6 is 35.3 Å². The fraction of sp³-hybridized carbons (Fsp3) is 0.891. The van der Waals surface area contributed by atoms with E-state index in [-0.39, 0.29) is 0 Å². The number of hydrogen-bond acceptors (Lipinski definition) is 3. The summed E-state index contributed by atoms with van der Waals surface area (Å²) in [6.07, 6.45) is 60.1. The zero-order valence-electron chi connectivity index (χ0n) is 40.2. The molecule has 58 heavy (non-hydrogen) atoms. The molecule has 0 fully saturated rings. The van der Waals surface area contributed by atoms with Crippen LogP contribution in [0.1, 0.15) is 297 Å². The number of hydrogen-bond donors (Lipinski definition) is 0. The summed E-state index contributed by atoms with van der Waals surface area (Å²) in [6.45, 7) is 9.32. The van der Waals surface area contributed by atoms with Crippen molar-refractivity contribution in [1.82, 2.24) is 0 Å². The summed E-state index contributed by atoms with van der Waals surface area (Å²) in [5.74, 6) is 3.89. The molecule has 1 aromatic rings. The van der Waals surface area contributed by atoms with Crippen molar-refractivity contribution in [3.8, 4) is 0 Å². The van der Waals surface area contributed by atoms with Gasteiger partial charge >= 0.3 is 0 Å². The summed E-state index contributed by atoms with van der Waals surface area (Å²) in [4.78, 5) is 4.90. The lowest BCUT2D eigenvalue weighted by atomic mass is 10.1. The lowest BCUT2D eigenvalue weighted by Crippen LogP contribution is -1.95. The third kappa shape index (κ3) is 36.9. The molecular formula is C55H104S3. The molecule has 0 saturated heterocycles. The summed E-state index contributed by atoms with van der Waals surface area (Å²) in [6, 6.07) is 5.26. The van der Waals surface area contributed by atoms with Crippen LogP contribution in [0.3, 0.4) is 0 Å². The summed E-state index contributed by atoms with van der Waals surface area (Å²) in [5.41, 5.74) is 1.60. The van der Waals surface area contributed by atoms with Crippen LogP contribution in [0.4, 0.5) is 0 Å². The molecule has 0 bridgehead atoms. The molecule has 0 N–H and O–H groups in total. The maximum atomic E-state index is 2.63. The van der Waals surface area contributed by atoms with Crippen molar-refractivity contribution in [2.75, 3.05) is 17.3 Å². The number of aryl methyl sites for hydroxylation is 1. The predicted molar refractivity (Wildman–Crippen MR) is 274 cm³/mol. The number of thioether (sulfide) groups is 3. The SMILES string of the molecule is CCCCCCCCCCCCCCCSc1cc(CCCC)cc(SCCCCCCCCCCCCCCC)c1SCCCCCCCCCCCCCCC. The minimum Gasteiger partial charge on any atom is -0.125 e. The molecule has 0 unspecified atom stereocenters. The van der Waals surface area contributed by atoms with Crippen LogP contribution in [0.5, 0.6) is 0 Å². The standard InChI is InChI=1S/C55H104S3/c1-5-9-13-16-19-22-25-28-31-34-37-40-43-47-56-53-50-52(46-12-8-4)51-54(57-48-44-41-38-35-32-29-26-23-20-17-14-10-6-2)55(53)58-49-45-42-39-36-33-30-27-24-21-18-15-11-7-3/h50-51H,5-49H2,1-4H3. The molecule has 0 spiro atoms. The highest BCUT2D eigenvalue weighted by molar-refractivity contribution is 8.03. The lowest BCUT2D eigenvalue weighted by molar-refractivity contribution is 0.543. The van der Waals surface area contributed by atoms with Gasteiger partial charge in [0.1, 0.15) is 0 Å². The van der Waals surface area contributed by atoms with Gasteiger partial charge in [-0.15, -0.1) is 35.3 Å². The first kappa shape index (κ1) is 56.3. The highest BCUT2D eigenvalue weighted by Gasteiger charge is 2.14. The van der Waals surface area contributed by atoms with Crippen molar-refractivity contribution in [2.45, 2.75) is 312 Å². The minimum absolute atomic E-state index is 1.25. The van der Waals surface area contributed by atoms with Crippen LogP contribution in [-0.2, 0) is 6.42 Å². The van der Waals surface area contributed by atoms with Crippen molar-refractivity contribution in [3.63, 3.8) is 0 Å². The Balaban J connectivity index is 2.56. The van der Waals surface area contributed by atoms with Crippen molar-refractivity contribution >= 4 is 35.3 Å². The van der Waals surface area contributed by atoms with E-state index in [4.69, 9.17) is 0 Å². The van der Waals surface area contributed by atoms with Gasteiger partial charge < -0.3 is 0 Å². The van der Waals surface area contributed by atoms with Gasteiger partial charge in [0.15, 0.2) is 0 Å². The van der Waals surface area contributed by atoms with E-state index in [1.54, 1.807) is 20.2 Å². The van der Waals surface area contributed by atoms with E-state index in [2.05, 4.69) is 75.1 Å². The van der Waals surface area contributed by atoms with Gasteiger partial charge in [-0.2, -0.15) is 0 Å². The van der Waals surface area contributed by atoms with E-state index in [1.165, 1.54) is 287 Å².